The molecule has 3 amide bonds. The Hall–Kier alpha value is -5.07. The summed E-state index contributed by atoms with van der Waals surface area (Å²) in [5, 5.41) is 4.71. The van der Waals surface area contributed by atoms with E-state index in [0.717, 1.165) is 22.4 Å². The number of ether oxygens (including phenoxy) is 1. The van der Waals surface area contributed by atoms with Crippen LogP contribution in [-0.2, 0) is 40.3 Å². The molecule has 1 aromatic heterocycles. The number of aromatic nitrogens is 2. The zero-order valence-corrected chi connectivity index (χ0v) is 26.6. The molecule has 0 saturated carbocycles. The molecule has 48 heavy (non-hydrogen) atoms. The number of halogens is 1. The fourth-order valence-electron chi connectivity index (χ4n) is 6.42. The third-order valence-corrected chi connectivity index (χ3v) is 8.96. The number of nitrogens with one attached hydrogen (secondary N) is 3. The lowest BCUT2D eigenvalue weighted by molar-refractivity contribution is -0.135. The van der Waals surface area contributed by atoms with Crippen LogP contribution in [-0.4, -0.2) is 75.2 Å². The summed E-state index contributed by atoms with van der Waals surface area (Å²) in [5.74, 6) is -1.76. The van der Waals surface area contributed by atoms with Gasteiger partial charge >= 0.3 is 6.09 Å². The van der Waals surface area contributed by atoms with Crippen LogP contribution in [0.2, 0.25) is 0 Å². The van der Waals surface area contributed by atoms with E-state index in [0.29, 0.717) is 39.0 Å². The molecule has 3 aromatic carbocycles. The highest BCUT2D eigenvalue weighted by Gasteiger charge is 2.45. The van der Waals surface area contributed by atoms with E-state index in [1.165, 1.54) is 12.1 Å². The minimum Gasteiger partial charge on any atom is -0.445 e. The highest BCUT2D eigenvalue weighted by molar-refractivity contribution is 5.91. The van der Waals surface area contributed by atoms with Crippen molar-refractivity contribution in [1.29, 1.82) is 0 Å². The Bertz CT molecular complexity index is 1640. The number of alkyl carbamates (subject to hydrolysis) is 1. The molecule has 2 aliphatic rings. The second kappa shape index (κ2) is 15.7. The van der Waals surface area contributed by atoms with Crippen LogP contribution in [0.4, 0.5) is 9.18 Å². The average Bonchev–Trinajstić information content (AvgIpc) is 3.83. The maximum Gasteiger partial charge on any atom is 0.408 e. The lowest BCUT2D eigenvalue weighted by Gasteiger charge is -2.23. The predicted molar refractivity (Wildman–Crippen MR) is 176 cm³/mol. The van der Waals surface area contributed by atoms with E-state index in [2.05, 4.69) is 37.7 Å². The molecular formula is C36H40FN7O4. The fourth-order valence-corrected chi connectivity index (χ4v) is 6.42. The van der Waals surface area contributed by atoms with E-state index in [-0.39, 0.29) is 43.5 Å². The maximum absolute atomic E-state index is 13.9. The van der Waals surface area contributed by atoms with E-state index < -0.39 is 17.9 Å². The first-order chi connectivity index (χ1) is 23.4. The molecule has 0 spiro atoms. The van der Waals surface area contributed by atoms with Crippen LogP contribution in [0.3, 0.4) is 0 Å². The molecule has 12 heteroatoms. The van der Waals surface area contributed by atoms with E-state index in [4.69, 9.17) is 4.74 Å². The number of likely N-dealkylation sites (tertiary alicyclic amines) is 1. The number of H-pyrrole nitrogens is 1. The molecule has 0 unspecified atom stereocenters. The summed E-state index contributed by atoms with van der Waals surface area (Å²) in [6.07, 6.45) is 4.57. The topological polar surface area (TPSA) is 123 Å². The first-order valence-corrected chi connectivity index (χ1v) is 16.2. The van der Waals surface area contributed by atoms with Crippen molar-refractivity contribution in [2.24, 2.45) is 11.8 Å². The second-order valence-electron chi connectivity index (χ2n) is 12.3. The van der Waals surface area contributed by atoms with Gasteiger partial charge in [0.1, 0.15) is 12.4 Å². The van der Waals surface area contributed by atoms with Crippen molar-refractivity contribution in [3.8, 4) is 0 Å². The molecule has 2 fully saturated rings. The number of imidazole rings is 1. The molecule has 4 aromatic rings. The minimum absolute atomic E-state index is 0.00140. The van der Waals surface area contributed by atoms with Gasteiger partial charge in [-0.05, 0) is 48.1 Å². The lowest BCUT2D eigenvalue weighted by Crippen LogP contribution is -2.47. The van der Waals surface area contributed by atoms with Gasteiger partial charge in [-0.15, -0.1) is 0 Å². The smallest absolute Gasteiger partial charge is 0.408 e. The zero-order valence-electron chi connectivity index (χ0n) is 26.6. The van der Waals surface area contributed by atoms with Crippen LogP contribution in [0.15, 0.2) is 97.5 Å². The Labute approximate surface area is 279 Å². The number of aryl methyl sites for hydroxylation is 1. The summed E-state index contributed by atoms with van der Waals surface area (Å²) in [6, 6.07) is 25.6. The largest absolute Gasteiger partial charge is 0.445 e. The van der Waals surface area contributed by atoms with Gasteiger partial charge in [-0.2, -0.15) is 0 Å². The Balaban J connectivity index is 1.10. The van der Waals surface area contributed by atoms with Gasteiger partial charge in [0.2, 0.25) is 11.8 Å². The maximum atomic E-state index is 13.9. The molecule has 250 valence electrons. The van der Waals surface area contributed by atoms with Crippen molar-refractivity contribution in [3.63, 3.8) is 0 Å². The second-order valence-corrected chi connectivity index (χ2v) is 12.3. The Morgan fingerprint density at radius 1 is 0.938 bits per heavy atom. The Kier molecular flexibility index (Phi) is 10.7. The quantitative estimate of drug-likeness (QED) is 0.200. The van der Waals surface area contributed by atoms with Gasteiger partial charge in [-0.1, -0.05) is 72.8 Å². The van der Waals surface area contributed by atoms with Crippen molar-refractivity contribution in [1.82, 2.24) is 35.5 Å². The van der Waals surface area contributed by atoms with Gasteiger partial charge in [0.05, 0.1) is 31.5 Å². The monoisotopic (exact) mass is 653 g/mol. The molecule has 11 nitrogen and oxygen atoms in total. The molecular weight excluding hydrogens is 613 g/mol. The van der Waals surface area contributed by atoms with Gasteiger partial charge in [0.15, 0.2) is 0 Å². The summed E-state index contributed by atoms with van der Waals surface area (Å²) in [5.41, 5.74) is 6.83. The van der Waals surface area contributed by atoms with Crippen LogP contribution < -0.4 is 10.7 Å². The van der Waals surface area contributed by atoms with Crippen molar-refractivity contribution in [2.45, 2.75) is 38.5 Å². The van der Waals surface area contributed by atoms with E-state index in [1.54, 1.807) is 29.6 Å². The van der Waals surface area contributed by atoms with Gasteiger partial charge in [-0.25, -0.2) is 19.2 Å². The third kappa shape index (κ3) is 8.64. The van der Waals surface area contributed by atoms with Gasteiger partial charge in [-0.3, -0.25) is 19.9 Å². The summed E-state index contributed by atoms with van der Waals surface area (Å²) in [6.45, 7) is 1.86. The highest BCUT2D eigenvalue weighted by Crippen LogP contribution is 2.31. The number of rotatable bonds is 13. The number of carbonyl (C=O) groups is 3. The van der Waals surface area contributed by atoms with Crippen molar-refractivity contribution in [2.75, 3.05) is 26.4 Å². The first-order valence-electron chi connectivity index (χ1n) is 16.2. The number of benzene rings is 3. The van der Waals surface area contributed by atoms with Crippen molar-refractivity contribution < 1.29 is 23.5 Å². The van der Waals surface area contributed by atoms with Gasteiger partial charge < -0.3 is 19.9 Å². The van der Waals surface area contributed by atoms with Crippen molar-refractivity contribution >= 4 is 17.9 Å². The zero-order chi connectivity index (χ0) is 33.3. The highest BCUT2D eigenvalue weighted by atomic mass is 19.1. The van der Waals surface area contributed by atoms with Crippen LogP contribution in [0.25, 0.3) is 0 Å². The first kappa shape index (κ1) is 32.9. The molecule has 3 atom stereocenters. The molecule has 3 N–H and O–H groups in total. The third-order valence-electron chi connectivity index (χ3n) is 8.96. The molecule has 3 heterocycles. The lowest BCUT2D eigenvalue weighted by atomic mass is 9.90. The number of carbonyl (C=O) groups excluding carboxylic acids is 3. The van der Waals surface area contributed by atoms with Gasteiger partial charge in [0.25, 0.3) is 0 Å². The number of hydrogen-bond acceptors (Lipinski definition) is 7. The standard InChI is InChI=1S/C36H40FN7O4/c37-29-13-11-27(12-14-29)19-42-21-33(32(35(42)46)16-15-30-18-38-23-39-30)34(45)41-44-20-31(17-26-7-3-1-4-8-26)43(25-44)24-40-36(47)48-22-28-9-5-2-6-10-28/h1-14,18,23,31-33H,15-17,19-22,24-25H2,(H,38,39)(H,40,47)(H,41,45)/t31-,32-,33+/m1/s1. The molecule has 0 bridgehead atoms. The fraction of sp³-hybridized carbons (Fsp3) is 0.333. The molecule has 2 saturated heterocycles. The summed E-state index contributed by atoms with van der Waals surface area (Å²) in [4.78, 5) is 51.1. The summed E-state index contributed by atoms with van der Waals surface area (Å²) in [7, 11) is 0. The van der Waals surface area contributed by atoms with Crippen LogP contribution in [0.1, 0.15) is 28.8 Å². The Morgan fingerprint density at radius 3 is 2.38 bits per heavy atom. The molecule has 0 aliphatic carbocycles. The molecule has 0 radical (unpaired) electrons. The molecule has 2 aliphatic heterocycles. The summed E-state index contributed by atoms with van der Waals surface area (Å²) >= 11 is 0. The number of nitrogens with zero attached hydrogens (tertiary/aromatic N) is 4. The van der Waals surface area contributed by atoms with E-state index >= 15 is 0 Å². The predicted octanol–water partition coefficient (Wildman–Crippen LogP) is 3.86. The van der Waals surface area contributed by atoms with E-state index in [9.17, 15) is 18.8 Å². The number of hydrazine groups is 1. The number of hydrogen-bond donors (Lipinski definition) is 3. The van der Waals surface area contributed by atoms with Crippen LogP contribution in [0.5, 0.6) is 0 Å². The number of aromatic amines is 1. The van der Waals surface area contributed by atoms with Crippen molar-refractivity contribution in [3.05, 3.63) is 126 Å². The van der Waals surface area contributed by atoms with Crippen LogP contribution in [0, 0.1) is 17.7 Å². The molecule has 6 rings (SSSR count). The SMILES string of the molecule is O=C(NCN1CN(NC(=O)[C@H]2CN(Cc3ccc(F)cc3)C(=O)[C@@H]2CCc2cnc[nH]2)C[C@H]1Cc1ccccc1)OCc1ccccc1. The average molecular weight is 654 g/mol. The normalized spacial score (nSPS) is 19.8. The Morgan fingerprint density at radius 2 is 1.67 bits per heavy atom. The number of amides is 3. The minimum atomic E-state index is -0.575. The summed E-state index contributed by atoms with van der Waals surface area (Å²) < 4.78 is 18.9. The van der Waals surface area contributed by atoms with Crippen LogP contribution >= 0.6 is 0 Å². The van der Waals surface area contributed by atoms with Gasteiger partial charge in [0, 0.05) is 37.6 Å². The van der Waals surface area contributed by atoms with E-state index in [1.807, 2.05) is 53.5 Å².